The first-order chi connectivity index (χ1) is 12.6. The normalized spacial score (nSPS) is 13.7. The van der Waals surface area contributed by atoms with Gasteiger partial charge in [-0.1, -0.05) is 12.1 Å². The number of aryl methyl sites for hydroxylation is 1. The van der Waals surface area contributed by atoms with E-state index in [2.05, 4.69) is 30.2 Å². The van der Waals surface area contributed by atoms with Gasteiger partial charge in [-0.05, 0) is 31.9 Å². The van der Waals surface area contributed by atoms with Crippen molar-refractivity contribution in [1.29, 1.82) is 0 Å². The van der Waals surface area contributed by atoms with Gasteiger partial charge in [0.2, 0.25) is 11.8 Å². The molecule has 0 unspecified atom stereocenters. The van der Waals surface area contributed by atoms with Crippen molar-refractivity contribution in [2.45, 2.75) is 32.4 Å². The second-order valence-corrected chi connectivity index (χ2v) is 6.33. The Morgan fingerprint density at radius 2 is 2.12 bits per heavy atom. The highest BCUT2D eigenvalue weighted by atomic mass is 16.6. The molecule has 0 aliphatic heterocycles. The van der Waals surface area contributed by atoms with Crippen LogP contribution < -0.4 is 10.6 Å². The first-order valence-corrected chi connectivity index (χ1v) is 8.55. The number of para-hydroxylation sites is 2. The van der Waals surface area contributed by atoms with Crippen molar-refractivity contribution in [3.8, 4) is 0 Å². The van der Waals surface area contributed by atoms with Gasteiger partial charge in [0.1, 0.15) is 12.0 Å². The predicted molar refractivity (Wildman–Crippen MR) is 98.3 cm³/mol. The van der Waals surface area contributed by atoms with Crippen LogP contribution in [-0.2, 0) is 6.54 Å². The number of nitrogens with zero attached hydrogens (tertiary/aromatic N) is 5. The van der Waals surface area contributed by atoms with Crippen LogP contribution in [0.15, 0.2) is 30.5 Å². The fourth-order valence-corrected chi connectivity index (χ4v) is 2.88. The van der Waals surface area contributed by atoms with E-state index in [0.717, 1.165) is 29.7 Å². The van der Waals surface area contributed by atoms with Crippen LogP contribution in [-0.4, -0.2) is 37.0 Å². The van der Waals surface area contributed by atoms with E-state index >= 15 is 0 Å². The summed E-state index contributed by atoms with van der Waals surface area (Å²) in [5.74, 6) is 1.59. The summed E-state index contributed by atoms with van der Waals surface area (Å²) < 4.78 is 2.12. The maximum Gasteiger partial charge on any atom is 0.329 e. The maximum absolute atomic E-state index is 11.1. The molecule has 0 saturated heterocycles. The summed E-state index contributed by atoms with van der Waals surface area (Å²) in [6.07, 6.45) is 3.27. The molecule has 9 nitrogen and oxygen atoms in total. The Labute approximate surface area is 149 Å². The number of benzene rings is 1. The lowest BCUT2D eigenvalue weighted by molar-refractivity contribution is -0.384. The highest BCUT2D eigenvalue weighted by Gasteiger charge is 2.26. The molecule has 1 fully saturated rings. The Balaban J connectivity index is 1.47. The lowest BCUT2D eigenvalue weighted by Gasteiger charge is -2.10. The van der Waals surface area contributed by atoms with Crippen LogP contribution in [0.3, 0.4) is 0 Å². The van der Waals surface area contributed by atoms with E-state index < -0.39 is 4.92 Å². The van der Waals surface area contributed by atoms with E-state index in [1.54, 1.807) is 0 Å². The van der Waals surface area contributed by atoms with Crippen molar-refractivity contribution in [3.05, 3.63) is 46.4 Å². The smallest absolute Gasteiger partial charge is 0.329 e. The molecule has 9 heteroatoms. The topological polar surface area (TPSA) is 111 Å². The number of imidazole rings is 1. The van der Waals surface area contributed by atoms with Crippen molar-refractivity contribution in [3.63, 3.8) is 0 Å². The lowest BCUT2D eigenvalue weighted by Crippen LogP contribution is -2.15. The highest BCUT2D eigenvalue weighted by Crippen LogP contribution is 2.29. The zero-order valence-electron chi connectivity index (χ0n) is 14.3. The first-order valence-electron chi connectivity index (χ1n) is 8.55. The van der Waals surface area contributed by atoms with Gasteiger partial charge >= 0.3 is 5.69 Å². The number of hydrogen-bond acceptors (Lipinski definition) is 7. The summed E-state index contributed by atoms with van der Waals surface area (Å²) in [6, 6.07) is 8.26. The number of rotatable bonds is 7. The number of anilines is 2. The summed E-state index contributed by atoms with van der Waals surface area (Å²) >= 11 is 0. The number of hydrogen-bond donors (Lipinski definition) is 2. The SMILES string of the molecule is Cc1nc2ccccc2n1CCNc1ncc([N+](=O)[O-])c(NC2CC2)n1. The van der Waals surface area contributed by atoms with Gasteiger partial charge < -0.3 is 15.2 Å². The molecule has 2 N–H and O–H groups in total. The fraction of sp³-hybridized carbons (Fsp3) is 0.353. The molecule has 4 rings (SSSR count). The van der Waals surface area contributed by atoms with Crippen molar-refractivity contribution < 1.29 is 4.92 Å². The molecule has 1 aromatic carbocycles. The second kappa shape index (κ2) is 6.58. The molecule has 0 radical (unpaired) electrons. The lowest BCUT2D eigenvalue weighted by atomic mass is 10.3. The minimum Gasteiger partial charge on any atom is -0.361 e. The molecular weight excluding hydrogens is 334 g/mol. The quantitative estimate of drug-likeness (QED) is 0.496. The van der Waals surface area contributed by atoms with Crippen LogP contribution in [0.1, 0.15) is 18.7 Å². The van der Waals surface area contributed by atoms with Crippen molar-refractivity contribution >= 4 is 28.5 Å². The Hall–Kier alpha value is -3.23. The van der Waals surface area contributed by atoms with E-state index in [4.69, 9.17) is 0 Å². The number of aromatic nitrogens is 4. The molecule has 0 bridgehead atoms. The highest BCUT2D eigenvalue weighted by molar-refractivity contribution is 5.75. The minimum atomic E-state index is -0.463. The minimum absolute atomic E-state index is 0.0982. The molecule has 1 aliphatic rings. The Kier molecular flexibility index (Phi) is 4.11. The van der Waals surface area contributed by atoms with Gasteiger partial charge in [0.15, 0.2) is 0 Å². The van der Waals surface area contributed by atoms with Gasteiger partial charge in [-0.3, -0.25) is 10.1 Å². The average molecular weight is 353 g/mol. The number of nitro groups is 1. The van der Waals surface area contributed by atoms with E-state index in [1.165, 1.54) is 6.20 Å². The van der Waals surface area contributed by atoms with Gasteiger partial charge in [-0.2, -0.15) is 4.98 Å². The molecule has 0 atom stereocenters. The molecule has 26 heavy (non-hydrogen) atoms. The molecular formula is C17H19N7O2. The van der Waals surface area contributed by atoms with E-state index in [0.29, 0.717) is 19.0 Å². The predicted octanol–water partition coefficient (Wildman–Crippen LogP) is 2.73. The van der Waals surface area contributed by atoms with Gasteiger partial charge in [0.25, 0.3) is 0 Å². The van der Waals surface area contributed by atoms with Gasteiger partial charge in [0.05, 0.1) is 16.0 Å². The van der Waals surface area contributed by atoms with Crippen LogP contribution in [0, 0.1) is 17.0 Å². The molecule has 1 aliphatic carbocycles. The first kappa shape index (κ1) is 16.2. The largest absolute Gasteiger partial charge is 0.361 e. The fourth-order valence-electron chi connectivity index (χ4n) is 2.88. The van der Waals surface area contributed by atoms with Gasteiger partial charge in [-0.25, -0.2) is 9.97 Å². The van der Waals surface area contributed by atoms with Crippen LogP contribution in [0.5, 0.6) is 0 Å². The molecule has 0 spiro atoms. The van der Waals surface area contributed by atoms with Gasteiger partial charge in [0, 0.05) is 19.1 Å². The summed E-state index contributed by atoms with van der Waals surface area (Å²) in [4.78, 5) is 23.5. The Morgan fingerprint density at radius 3 is 2.88 bits per heavy atom. The van der Waals surface area contributed by atoms with Crippen LogP contribution in [0.2, 0.25) is 0 Å². The summed E-state index contributed by atoms with van der Waals surface area (Å²) in [5, 5.41) is 17.4. The third-order valence-corrected chi connectivity index (χ3v) is 4.35. The third-order valence-electron chi connectivity index (χ3n) is 4.35. The van der Waals surface area contributed by atoms with Crippen molar-refractivity contribution in [2.75, 3.05) is 17.2 Å². The standard InChI is InChI=1S/C17H19N7O2/c1-11-20-13-4-2-3-5-14(13)23(11)9-8-18-17-19-10-15(24(25)26)16(22-17)21-12-6-7-12/h2-5,10,12H,6-9H2,1H3,(H2,18,19,21,22). The van der Waals surface area contributed by atoms with Crippen LogP contribution in [0.4, 0.5) is 17.5 Å². The monoisotopic (exact) mass is 353 g/mol. The van der Waals surface area contributed by atoms with E-state index in [1.807, 2.05) is 31.2 Å². The Morgan fingerprint density at radius 1 is 1.31 bits per heavy atom. The van der Waals surface area contributed by atoms with E-state index in [-0.39, 0.29) is 17.5 Å². The zero-order valence-corrected chi connectivity index (χ0v) is 14.3. The number of fused-ring (bicyclic) bond motifs is 1. The van der Waals surface area contributed by atoms with Crippen molar-refractivity contribution in [1.82, 2.24) is 19.5 Å². The second-order valence-electron chi connectivity index (χ2n) is 6.33. The molecule has 134 valence electrons. The molecule has 2 aromatic heterocycles. The maximum atomic E-state index is 11.1. The van der Waals surface area contributed by atoms with Crippen LogP contribution >= 0.6 is 0 Å². The third kappa shape index (κ3) is 3.28. The van der Waals surface area contributed by atoms with Crippen LogP contribution in [0.25, 0.3) is 11.0 Å². The zero-order chi connectivity index (χ0) is 18.1. The summed E-state index contributed by atoms with van der Waals surface area (Å²) in [7, 11) is 0. The van der Waals surface area contributed by atoms with Crippen molar-refractivity contribution in [2.24, 2.45) is 0 Å². The molecule has 2 heterocycles. The molecule has 0 amide bonds. The summed E-state index contributed by atoms with van der Waals surface area (Å²) in [5.41, 5.74) is 1.94. The summed E-state index contributed by atoms with van der Waals surface area (Å²) in [6.45, 7) is 3.25. The average Bonchev–Trinajstić information content (AvgIpc) is 3.37. The number of nitrogens with one attached hydrogen (secondary N) is 2. The van der Waals surface area contributed by atoms with Gasteiger partial charge in [-0.15, -0.1) is 0 Å². The Bertz CT molecular complexity index is 965. The molecule has 1 saturated carbocycles. The van der Waals surface area contributed by atoms with E-state index in [9.17, 15) is 10.1 Å². The molecule has 3 aromatic rings.